The summed E-state index contributed by atoms with van der Waals surface area (Å²) >= 11 is 0. The van der Waals surface area contributed by atoms with E-state index in [-0.39, 0.29) is 11.6 Å². The third kappa shape index (κ3) is 5.59. The molecule has 0 atom stereocenters. The number of halogens is 1. The molecule has 0 saturated carbocycles. The third-order valence-corrected chi connectivity index (χ3v) is 2.44. The summed E-state index contributed by atoms with van der Waals surface area (Å²) < 4.78 is 12.7. The summed E-state index contributed by atoms with van der Waals surface area (Å²) in [6.45, 7) is 5.62. The lowest BCUT2D eigenvalue weighted by molar-refractivity contribution is -0.119. The summed E-state index contributed by atoms with van der Waals surface area (Å²) in [7, 11) is 1.95. The first-order valence-electron chi connectivity index (χ1n) is 5.92. The number of nitrogens with zero attached hydrogens (tertiary/aromatic N) is 1. The maximum Gasteiger partial charge on any atom is 0.151 e. The van der Waals surface area contributed by atoms with E-state index in [2.05, 4.69) is 13.8 Å². The molecule has 0 N–H and O–H groups in total. The Balaban J connectivity index is 2.41. The highest BCUT2D eigenvalue weighted by molar-refractivity contribution is 5.82. The zero-order valence-corrected chi connectivity index (χ0v) is 10.7. The fourth-order valence-electron chi connectivity index (χ4n) is 1.87. The standard InChI is InChI=1S/C14H20FNO/c1-11(2)9-16(3)10-14(17)8-12-4-6-13(15)7-5-12/h4-7,11H,8-10H2,1-3H3. The molecule has 0 aliphatic carbocycles. The van der Waals surface area contributed by atoms with Crippen molar-refractivity contribution in [3.63, 3.8) is 0 Å². The number of ketones is 1. The van der Waals surface area contributed by atoms with Crippen LogP contribution < -0.4 is 0 Å². The molecule has 0 bridgehead atoms. The van der Waals surface area contributed by atoms with Crippen molar-refractivity contribution in [2.24, 2.45) is 5.92 Å². The summed E-state index contributed by atoms with van der Waals surface area (Å²) in [5.41, 5.74) is 0.870. The summed E-state index contributed by atoms with van der Waals surface area (Å²) in [5, 5.41) is 0. The number of benzene rings is 1. The first kappa shape index (κ1) is 13.8. The maximum absolute atomic E-state index is 12.7. The maximum atomic E-state index is 12.7. The van der Waals surface area contributed by atoms with Gasteiger partial charge in [-0.3, -0.25) is 9.69 Å². The average molecular weight is 237 g/mol. The van der Waals surface area contributed by atoms with Gasteiger partial charge < -0.3 is 0 Å². The smallest absolute Gasteiger partial charge is 0.151 e. The van der Waals surface area contributed by atoms with Gasteiger partial charge in [0.15, 0.2) is 5.78 Å². The molecule has 17 heavy (non-hydrogen) atoms. The minimum Gasteiger partial charge on any atom is -0.299 e. The van der Waals surface area contributed by atoms with Crippen LogP contribution in [-0.2, 0) is 11.2 Å². The molecular formula is C14H20FNO. The lowest BCUT2D eigenvalue weighted by atomic mass is 10.1. The minimum atomic E-state index is -0.266. The zero-order chi connectivity index (χ0) is 12.8. The van der Waals surface area contributed by atoms with E-state index in [1.54, 1.807) is 12.1 Å². The molecule has 0 aliphatic heterocycles. The van der Waals surface area contributed by atoms with Crippen LogP contribution in [-0.4, -0.2) is 30.8 Å². The number of Topliss-reactive ketones (excluding diaryl/α,β-unsaturated/α-hetero) is 1. The highest BCUT2D eigenvalue weighted by Gasteiger charge is 2.08. The molecule has 0 heterocycles. The molecule has 2 nitrogen and oxygen atoms in total. The topological polar surface area (TPSA) is 20.3 Å². The van der Waals surface area contributed by atoms with Gasteiger partial charge in [0, 0.05) is 13.0 Å². The van der Waals surface area contributed by atoms with Crippen LogP contribution in [0.5, 0.6) is 0 Å². The highest BCUT2D eigenvalue weighted by atomic mass is 19.1. The summed E-state index contributed by atoms with van der Waals surface area (Å²) in [6, 6.07) is 6.10. The second-order valence-corrected chi connectivity index (χ2v) is 4.93. The van der Waals surface area contributed by atoms with E-state index in [4.69, 9.17) is 0 Å². The molecule has 0 aliphatic rings. The van der Waals surface area contributed by atoms with Crippen molar-refractivity contribution in [1.29, 1.82) is 0 Å². The minimum absolute atomic E-state index is 0.166. The van der Waals surface area contributed by atoms with Gasteiger partial charge in [0.1, 0.15) is 5.82 Å². The van der Waals surface area contributed by atoms with E-state index in [0.717, 1.165) is 12.1 Å². The molecule has 0 aromatic heterocycles. The molecule has 0 radical (unpaired) electrons. The number of carbonyl (C=O) groups excluding carboxylic acids is 1. The van der Waals surface area contributed by atoms with Crippen LogP contribution in [0, 0.1) is 11.7 Å². The van der Waals surface area contributed by atoms with E-state index < -0.39 is 0 Å². The van der Waals surface area contributed by atoms with Crippen LogP contribution in [0.25, 0.3) is 0 Å². The lowest BCUT2D eigenvalue weighted by Gasteiger charge is -2.17. The summed E-state index contributed by atoms with van der Waals surface area (Å²) in [6.07, 6.45) is 0.378. The fourth-order valence-corrected chi connectivity index (χ4v) is 1.87. The Kier molecular flexibility index (Phi) is 5.29. The molecule has 0 saturated heterocycles. The van der Waals surface area contributed by atoms with Gasteiger partial charge >= 0.3 is 0 Å². The molecule has 94 valence electrons. The van der Waals surface area contributed by atoms with Crippen LogP contribution in [0.1, 0.15) is 19.4 Å². The van der Waals surface area contributed by atoms with E-state index in [0.29, 0.717) is 18.9 Å². The van der Waals surface area contributed by atoms with Gasteiger partial charge in [0.25, 0.3) is 0 Å². The predicted molar refractivity (Wildman–Crippen MR) is 67.4 cm³/mol. The van der Waals surface area contributed by atoms with Crippen LogP contribution >= 0.6 is 0 Å². The van der Waals surface area contributed by atoms with E-state index in [1.807, 2.05) is 11.9 Å². The molecule has 1 aromatic carbocycles. The number of hydrogen-bond donors (Lipinski definition) is 0. The number of likely N-dealkylation sites (N-methyl/N-ethyl adjacent to an activating group) is 1. The Hall–Kier alpha value is -1.22. The highest BCUT2D eigenvalue weighted by Crippen LogP contribution is 2.05. The van der Waals surface area contributed by atoms with Crippen molar-refractivity contribution >= 4 is 5.78 Å². The van der Waals surface area contributed by atoms with Crippen molar-refractivity contribution in [2.75, 3.05) is 20.1 Å². The SMILES string of the molecule is CC(C)CN(C)CC(=O)Cc1ccc(F)cc1. The van der Waals surface area contributed by atoms with Crippen molar-refractivity contribution in [3.8, 4) is 0 Å². The van der Waals surface area contributed by atoms with Crippen molar-refractivity contribution in [3.05, 3.63) is 35.6 Å². The Morgan fingerprint density at radius 1 is 1.29 bits per heavy atom. The van der Waals surface area contributed by atoms with Gasteiger partial charge in [0.2, 0.25) is 0 Å². The van der Waals surface area contributed by atoms with Gasteiger partial charge in [-0.05, 0) is 30.7 Å². The number of rotatable bonds is 6. The van der Waals surface area contributed by atoms with Crippen molar-refractivity contribution < 1.29 is 9.18 Å². The summed E-state index contributed by atoms with van der Waals surface area (Å²) in [4.78, 5) is 13.8. The quantitative estimate of drug-likeness (QED) is 0.757. The first-order valence-corrected chi connectivity index (χ1v) is 5.92. The fraction of sp³-hybridized carbons (Fsp3) is 0.500. The lowest BCUT2D eigenvalue weighted by Crippen LogP contribution is -2.30. The summed E-state index contributed by atoms with van der Waals surface area (Å²) in [5.74, 6) is 0.455. The second kappa shape index (κ2) is 6.50. The predicted octanol–water partition coefficient (Wildman–Crippen LogP) is 2.53. The van der Waals surface area contributed by atoms with Gasteiger partial charge in [0.05, 0.1) is 6.54 Å². The van der Waals surface area contributed by atoms with Crippen molar-refractivity contribution in [2.45, 2.75) is 20.3 Å². The monoisotopic (exact) mass is 237 g/mol. The largest absolute Gasteiger partial charge is 0.299 e. The normalized spacial score (nSPS) is 11.2. The van der Waals surface area contributed by atoms with Crippen LogP contribution in [0.2, 0.25) is 0 Å². The van der Waals surface area contributed by atoms with Gasteiger partial charge in [-0.1, -0.05) is 26.0 Å². The number of carbonyl (C=O) groups is 1. The van der Waals surface area contributed by atoms with E-state index >= 15 is 0 Å². The van der Waals surface area contributed by atoms with Crippen LogP contribution in [0.4, 0.5) is 4.39 Å². The average Bonchev–Trinajstić information content (AvgIpc) is 2.19. The Morgan fingerprint density at radius 3 is 2.41 bits per heavy atom. The van der Waals surface area contributed by atoms with E-state index in [1.165, 1.54) is 12.1 Å². The second-order valence-electron chi connectivity index (χ2n) is 4.93. The molecule has 0 spiro atoms. The Morgan fingerprint density at radius 2 is 1.88 bits per heavy atom. The molecular weight excluding hydrogens is 217 g/mol. The van der Waals surface area contributed by atoms with Gasteiger partial charge in [-0.2, -0.15) is 0 Å². The Labute approximate surface area is 102 Å². The number of hydrogen-bond acceptors (Lipinski definition) is 2. The van der Waals surface area contributed by atoms with Gasteiger partial charge in [-0.15, -0.1) is 0 Å². The molecule has 0 unspecified atom stereocenters. The van der Waals surface area contributed by atoms with Crippen LogP contribution in [0.15, 0.2) is 24.3 Å². The van der Waals surface area contributed by atoms with Gasteiger partial charge in [-0.25, -0.2) is 4.39 Å². The molecule has 1 rings (SSSR count). The van der Waals surface area contributed by atoms with Crippen LogP contribution in [0.3, 0.4) is 0 Å². The molecule has 3 heteroatoms. The zero-order valence-electron chi connectivity index (χ0n) is 10.7. The van der Waals surface area contributed by atoms with E-state index in [9.17, 15) is 9.18 Å². The molecule has 0 fully saturated rings. The first-order chi connectivity index (χ1) is 7.97. The third-order valence-electron chi connectivity index (χ3n) is 2.44. The van der Waals surface area contributed by atoms with Crippen molar-refractivity contribution in [1.82, 2.24) is 4.90 Å². The Bertz CT molecular complexity index is 359. The molecule has 0 amide bonds. The molecule has 1 aromatic rings.